The number of hydrogen-bond acceptors (Lipinski definition) is 0. The Morgan fingerprint density at radius 1 is 0.306 bits per heavy atom. The highest BCUT2D eigenvalue weighted by molar-refractivity contribution is 5.83. The van der Waals surface area contributed by atoms with E-state index in [-0.39, 0.29) is 5.41 Å². The molecule has 8 heterocycles. The molecule has 0 atom stereocenters. The largest absolute Gasteiger partial charge is 0.248 e. The summed E-state index contributed by atoms with van der Waals surface area (Å²) >= 11 is 0. The fourth-order valence-corrected chi connectivity index (χ4v) is 18.2. The van der Waals surface area contributed by atoms with Crippen molar-refractivity contribution in [1.82, 2.24) is 18.7 Å². The van der Waals surface area contributed by atoms with E-state index in [1.807, 2.05) is 12.1 Å². The fraction of sp³-hybridized carbons (Fsp3) is 0.176. The Balaban J connectivity index is 0.000000115. The number of pyridine rings is 4. The molecule has 594 valence electrons. The van der Waals surface area contributed by atoms with Gasteiger partial charge in [-0.25, -0.2) is 4.85 Å². The van der Waals surface area contributed by atoms with Gasteiger partial charge < -0.3 is 0 Å². The molecule has 0 fully saturated rings. The van der Waals surface area contributed by atoms with E-state index >= 15 is 0 Å². The molecule has 0 N–H and O–H groups in total. The van der Waals surface area contributed by atoms with Crippen molar-refractivity contribution in [2.45, 2.75) is 102 Å². The molecule has 8 aromatic heterocycles. The van der Waals surface area contributed by atoms with Gasteiger partial charge in [0.05, 0.1) is 70.4 Å². The van der Waals surface area contributed by atoms with Crippen LogP contribution in [0.2, 0.25) is 0 Å². The summed E-state index contributed by atoms with van der Waals surface area (Å²) in [6.45, 7) is 38.7. The first-order valence-electron chi connectivity index (χ1n) is 41.7. The van der Waals surface area contributed by atoms with Crippen molar-refractivity contribution in [2.24, 2.45) is 28.2 Å². The molecule has 20 rings (SSSR count). The Kier molecular flexibility index (Phi) is 20.8. The SMILES string of the molecule is Cc1c(-n2cc3ccccc3[n+]2C)cc(C(C)(C)C)cc1-[n+]1c(C)ccc2ccccc21.Cc1cc(-n2cc3ccccc3[n+]2C)c(C)c(-[n+]2c(C)ccc3ccccc32)c1.Cc1cc(C)c(-[n+]2cc3ccccc3n2C)c(C)c1-[n+]1c(C)ccc2ccccc21.[C-]#[N+]c1cc(-n2cc3ccccc3[n+]2C)c(C)c(-[n+]2c(C)ccc3ccccc32)c1. The summed E-state index contributed by atoms with van der Waals surface area (Å²) in [4.78, 5) is 3.79. The van der Waals surface area contributed by atoms with Crippen molar-refractivity contribution in [3.63, 3.8) is 0 Å². The smallest absolute Gasteiger partial charge is 0.238 e. The predicted octanol–water partition coefficient (Wildman–Crippen LogP) is 20.8. The van der Waals surface area contributed by atoms with Gasteiger partial charge in [-0.15, -0.1) is 28.1 Å². The Morgan fingerprint density at radius 2 is 0.636 bits per heavy atom. The van der Waals surface area contributed by atoms with Crippen LogP contribution in [0.4, 0.5) is 5.69 Å². The number of aromatic nitrogens is 12. The fourth-order valence-electron chi connectivity index (χ4n) is 18.2. The summed E-state index contributed by atoms with van der Waals surface area (Å²) in [5.74, 6) is 0. The van der Waals surface area contributed by atoms with E-state index in [0.717, 1.165) is 33.7 Å². The second-order valence-corrected chi connectivity index (χ2v) is 33.6. The van der Waals surface area contributed by atoms with E-state index in [4.69, 9.17) is 6.57 Å². The van der Waals surface area contributed by atoms with Crippen LogP contribution in [0.25, 0.3) is 138 Å². The van der Waals surface area contributed by atoms with Crippen molar-refractivity contribution in [3.8, 4) is 45.5 Å². The molecule has 0 saturated carbocycles. The molecule has 0 aliphatic rings. The number of rotatable bonds is 8. The third-order valence-electron chi connectivity index (χ3n) is 24.6. The van der Waals surface area contributed by atoms with Crippen LogP contribution in [-0.4, -0.2) is 18.7 Å². The van der Waals surface area contributed by atoms with Crippen molar-refractivity contribution in [1.29, 1.82) is 0 Å². The Hall–Kier alpha value is -14.4. The van der Waals surface area contributed by atoms with Gasteiger partial charge >= 0.3 is 0 Å². The average Bonchev–Trinajstić information content (AvgIpc) is 1.43. The van der Waals surface area contributed by atoms with Crippen LogP contribution in [0.3, 0.4) is 0 Å². The van der Waals surface area contributed by atoms with Gasteiger partial charge in [-0.1, -0.05) is 123 Å². The minimum Gasteiger partial charge on any atom is -0.238 e. The topological polar surface area (TPSA) is 55.1 Å². The summed E-state index contributed by atoms with van der Waals surface area (Å²) in [5, 5.41) is 9.82. The molecule has 13 heteroatoms. The minimum absolute atomic E-state index is 0.0292. The molecule has 0 amide bonds. The number of nitrogens with zero attached hydrogens (tertiary/aromatic N) is 13. The number of hydrogen-bond donors (Lipinski definition) is 0. The third-order valence-corrected chi connectivity index (χ3v) is 24.6. The Labute approximate surface area is 708 Å². The highest BCUT2D eigenvalue weighted by atomic mass is 15.4. The molecule has 0 radical (unpaired) electrons. The van der Waals surface area contributed by atoms with Crippen molar-refractivity contribution >= 4 is 92.9 Å². The molecular weight excluding hydrogens is 1480 g/mol. The quantitative estimate of drug-likeness (QED) is 0.108. The number of fused-ring (bicyclic) bond motifs is 8. The van der Waals surface area contributed by atoms with Gasteiger partial charge in [0, 0.05) is 151 Å². The maximum absolute atomic E-state index is 7.71. The minimum atomic E-state index is 0.0292. The molecule has 20 aromatic rings. The second-order valence-electron chi connectivity index (χ2n) is 33.6. The van der Waals surface area contributed by atoms with E-state index < -0.39 is 0 Å². The molecule has 12 aromatic carbocycles. The Bertz CT molecular complexity index is 7590. The van der Waals surface area contributed by atoms with Crippen molar-refractivity contribution < 1.29 is 37.0 Å². The maximum Gasteiger partial charge on any atom is 0.248 e. The van der Waals surface area contributed by atoms with Gasteiger partial charge in [0.1, 0.15) is 22.6 Å². The monoisotopic (exact) mass is 1580 g/mol. The Morgan fingerprint density at radius 3 is 1.03 bits per heavy atom. The number of para-hydroxylation sites is 8. The van der Waals surface area contributed by atoms with Crippen LogP contribution < -0.4 is 37.0 Å². The molecule has 0 unspecified atom stereocenters. The lowest BCUT2D eigenvalue weighted by atomic mass is 9.85. The van der Waals surface area contributed by atoms with Crippen LogP contribution in [0.5, 0.6) is 0 Å². The maximum atomic E-state index is 7.71. The summed E-state index contributed by atoms with van der Waals surface area (Å²) < 4.78 is 27.3. The summed E-state index contributed by atoms with van der Waals surface area (Å²) in [5.41, 5.74) is 34.7. The van der Waals surface area contributed by atoms with Crippen LogP contribution in [0, 0.1) is 82.7 Å². The molecule has 13 nitrogen and oxygen atoms in total. The number of aryl methyl sites for hydroxylation is 11. The van der Waals surface area contributed by atoms with Crippen LogP contribution in [-0.2, 0) is 33.6 Å². The van der Waals surface area contributed by atoms with E-state index in [1.165, 1.54) is 166 Å². The third kappa shape index (κ3) is 14.3. The van der Waals surface area contributed by atoms with E-state index in [9.17, 15) is 0 Å². The molecular formula is C108H105N13+8. The standard InChI is InChI=1S/C29H31N3.C27H27N3.C26H22N4.C26H25N3/c1-20-15-16-22-11-7-10-14-26(22)32(20)28-18-24(29(3,4)5)17-27(21(28)2)31-19-23-12-8-9-13-25(23)30(31)6;1-18-16-19(2)27(30-20(3)14-15-22-10-6-9-13-25(22)30)21(4)26(18)29-17-23-11-7-8-12-24(23)28(29)5;1-18-13-14-20-9-5-8-12-24(20)30(18)26-16-22(27-3)15-25(19(26)2)29-17-21-10-6-7-11-23(21)28(29)4;1-18-15-25(28-17-22-10-6-7-11-23(22)27(28)4)20(3)26(16-18)29-19(2)13-14-21-9-5-8-12-24(21)29/h7-19H,1-6H3;6-17H,1-5H3;5-17H,1-2,4H3;5-17H,1-4H3/q4*+2. The lowest BCUT2D eigenvalue weighted by Crippen LogP contribution is -2.43. The van der Waals surface area contributed by atoms with Crippen molar-refractivity contribution in [3.05, 3.63) is 389 Å². The molecule has 121 heavy (non-hydrogen) atoms. The van der Waals surface area contributed by atoms with Gasteiger partial charge in [0.2, 0.25) is 73.3 Å². The summed E-state index contributed by atoms with van der Waals surface area (Å²) in [6, 6.07) is 101. The zero-order chi connectivity index (χ0) is 84.6. The van der Waals surface area contributed by atoms with Crippen molar-refractivity contribution in [2.75, 3.05) is 0 Å². The number of benzene rings is 12. The van der Waals surface area contributed by atoms with Gasteiger partial charge in [0.25, 0.3) is 0 Å². The van der Waals surface area contributed by atoms with E-state index in [0.29, 0.717) is 5.69 Å². The summed E-state index contributed by atoms with van der Waals surface area (Å²) in [6.07, 6.45) is 8.84. The average molecular weight is 1590 g/mol. The second kappa shape index (κ2) is 31.8. The molecule has 0 aliphatic carbocycles. The first-order valence-corrected chi connectivity index (χ1v) is 41.7. The molecule has 0 aliphatic heterocycles. The summed E-state index contributed by atoms with van der Waals surface area (Å²) in [7, 11) is 8.46. The van der Waals surface area contributed by atoms with Crippen LogP contribution >= 0.6 is 0 Å². The zero-order valence-electron chi connectivity index (χ0n) is 72.8. The van der Waals surface area contributed by atoms with Gasteiger partial charge in [0.15, 0.2) is 49.6 Å². The first-order chi connectivity index (χ1) is 58.3. The molecule has 0 saturated heterocycles. The van der Waals surface area contributed by atoms with E-state index in [1.54, 1.807) is 0 Å². The van der Waals surface area contributed by atoms with Gasteiger partial charge in [-0.2, -0.15) is 23.0 Å². The van der Waals surface area contributed by atoms with E-state index in [2.05, 4.69) is 483 Å². The lowest BCUT2D eigenvalue weighted by molar-refractivity contribution is -0.721. The normalized spacial score (nSPS) is 11.5. The van der Waals surface area contributed by atoms with Gasteiger partial charge in [-0.05, 0) is 168 Å². The van der Waals surface area contributed by atoms with Crippen LogP contribution in [0.1, 0.15) is 88.1 Å². The van der Waals surface area contributed by atoms with Gasteiger partial charge in [-0.3, -0.25) is 0 Å². The highest BCUT2D eigenvalue weighted by Crippen LogP contribution is 2.34. The molecule has 0 bridgehead atoms. The molecule has 0 spiro atoms. The zero-order valence-corrected chi connectivity index (χ0v) is 72.8. The highest BCUT2D eigenvalue weighted by Gasteiger charge is 2.34. The first kappa shape index (κ1) is 79.1. The van der Waals surface area contributed by atoms with Crippen LogP contribution in [0.15, 0.2) is 310 Å². The lowest BCUT2D eigenvalue weighted by Gasteiger charge is -2.21. The predicted molar refractivity (Wildman–Crippen MR) is 491 cm³/mol.